The Morgan fingerprint density at radius 1 is 1.17 bits per heavy atom. The molecule has 1 aliphatic rings. The molecule has 1 aliphatic heterocycles. The number of rotatable bonds is 7. The van der Waals surface area contributed by atoms with Crippen molar-refractivity contribution in [1.82, 2.24) is 10.1 Å². The molecule has 1 aromatic heterocycles. The van der Waals surface area contributed by atoms with Gasteiger partial charge in [-0.3, -0.25) is 4.79 Å². The van der Waals surface area contributed by atoms with Crippen molar-refractivity contribution >= 4 is 11.6 Å². The van der Waals surface area contributed by atoms with E-state index in [0.29, 0.717) is 24.7 Å². The molecule has 1 saturated heterocycles. The average Bonchev–Trinajstić information content (AvgIpc) is 3.38. The van der Waals surface area contributed by atoms with Crippen LogP contribution in [-0.2, 0) is 4.79 Å². The number of hydrogen-bond acceptors (Lipinski definition) is 5. The van der Waals surface area contributed by atoms with Crippen molar-refractivity contribution in [3.05, 3.63) is 59.5 Å². The van der Waals surface area contributed by atoms with E-state index in [1.165, 1.54) is 5.56 Å². The standard InChI is InChI=1S/C24H27N3O3/c1-4-5-13-29-20-11-9-18(10-12-20)23-25-24(30-26-23)19-14-22(28)27(15-19)21-8-6-7-16(2)17(21)3/h6-12,19H,4-5,13-15H2,1-3H3. The average molecular weight is 405 g/mol. The number of aryl methyl sites for hydroxylation is 1. The van der Waals surface area contributed by atoms with Gasteiger partial charge in [0.15, 0.2) is 0 Å². The third-order valence-electron chi connectivity index (χ3n) is 5.66. The SMILES string of the molecule is CCCCOc1ccc(-c2noc(C3CC(=O)N(c4cccc(C)c4C)C3)n2)cc1. The van der Waals surface area contributed by atoms with Crippen LogP contribution in [0.5, 0.6) is 5.75 Å². The third-order valence-corrected chi connectivity index (χ3v) is 5.66. The zero-order chi connectivity index (χ0) is 21.1. The molecule has 0 bridgehead atoms. The second-order valence-electron chi connectivity index (χ2n) is 7.81. The normalized spacial score (nSPS) is 16.3. The summed E-state index contributed by atoms with van der Waals surface area (Å²) < 4.78 is 11.2. The number of anilines is 1. The molecule has 1 unspecified atom stereocenters. The summed E-state index contributed by atoms with van der Waals surface area (Å²) in [7, 11) is 0. The lowest BCUT2D eigenvalue weighted by atomic mass is 10.1. The fraction of sp³-hybridized carbons (Fsp3) is 0.375. The number of amides is 1. The van der Waals surface area contributed by atoms with Gasteiger partial charge in [-0.2, -0.15) is 4.98 Å². The summed E-state index contributed by atoms with van der Waals surface area (Å²) >= 11 is 0. The molecule has 0 aliphatic carbocycles. The molecule has 6 nitrogen and oxygen atoms in total. The molecule has 3 aromatic rings. The number of unbranched alkanes of at least 4 members (excludes halogenated alkanes) is 1. The summed E-state index contributed by atoms with van der Waals surface area (Å²) in [5.41, 5.74) is 4.12. The summed E-state index contributed by atoms with van der Waals surface area (Å²) in [6.45, 7) is 7.51. The van der Waals surface area contributed by atoms with E-state index < -0.39 is 0 Å². The van der Waals surface area contributed by atoms with Crippen LogP contribution in [0.25, 0.3) is 11.4 Å². The van der Waals surface area contributed by atoms with Gasteiger partial charge in [-0.1, -0.05) is 30.6 Å². The van der Waals surface area contributed by atoms with E-state index in [1.807, 2.05) is 48.2 Å². The maximum absolute atomic E-state index is 12.7. The highest BCUT2D eigenvalue weighted by molar-refractivity contribution is 5.97. The van der Waals surface area contributed by atoms with Crippen molar-refractivity contribution in [2.75, 3.05) is 18.1 Å². The molecule has 0 spiro atoms. The Morgan fingerprint density at radius 3 is 2.73 bits per heavy atom. The first kappa shape index (κ1) is 20.1. The van der Waals surface area contributed by atoms with Gasteiger partial charge in [-0.15, -0.1) is 0 Å². The molecule has 6 heteroatoms. The topological polar surface area (TPSA) is 68.5 Å². The molecule has 30 heavy (non-hydrogen) atoms. The molecule has 1 amide bonds. The molecular formula is C24H27N3O3. The van der Waals surface area contributed by atoms with Crippen molar-refractivity contribution in [3.8, 4) is 17.1 Å². The van der Waals surface area contributed by atoms with Crippen LogP contribution in [0, 0.1) is 13.8 Å². The minimum atomic E-state index is -0.102. The van der Waals surface area contributed by atoms with E-state index in [9.17, 15) is 4.79 Å². The van der Waals surface area contributed by atoms with Gasteiger partial charge >= 0.3 is 0 Å². The Hall–Kier alpha value is -3.15. The van der Waals surface area contributed by atoms with Crippen molar-refractivity contribution in [2.45, 2.75) is 46.0 Å². The maximum Gasteiger partial charge on any atom is 0.232 e. The molecule has 4 rings (SSSR count). The Bertz CT molecular complexity index is 1030. The van der Waals surface area contributed by atoms with E-state index in [4.69, 9.17) is 9.26 Å². The van der Waals surface area contributed by atoms with Gasteiger partial charge < -0.3 is 14.2 Å². The van der Waals surface area contributed by atoms with Gasteiger partial charge in [0.25, 0.3) is 0 Å². The molecule has 0 radical (unpaired) electrons. The highest BCUT2D eigenvalue weighted by atomic mass is 16.5. The van der Waals surface area contributed by atoms with Crippen LogP contribution in [0.4, 0.5) is 5.69 Å². The Kier molecular flexibility index (Phi) is 5.84. The van der Waals surface area contributed by atoms with E-state index in [2.05, 4.69) is 30.1 Å². The van der Waals surface area contributed by atoms with Crippen LogP contribution < -0.4 is 9.64 Å². The van der Waals surface area contributed by atoms with Crippen molar-refractivity contribution in [2.24, 2.45) is 0 Å². The molecule has 0 N–H and O–H groups in total. The summed E-state index contributed by atoms with van der Waals surface area (Å²) in [6, 6.07) is 13.7. The van der Waals surface area contributed by atoms with E-state index in [-0.39, 0.29) is 11.8 Å². The first-order valence-electron chi connectivity index (χ1n) is 10.5. The number of carbonyl (C=O) groups excluding carboxylic acids is 1. The lowest BCUT2D eigenvalue weighted by Gasteiger charge is -2.19. The van der Waals surface area contributed by atoms with E-state index >= 15 is 0 Å². The minimum absolute atomic E-state index is 0.0852. The van der Waals surface area contributed by atoms with Crippen LogP contribution in [0.1, 0.15) is 49.1 Å². The molecule has 2 heterocycles. The smallest absolute Gasteiger partial charge is 0.232 e. The van der Waals surface area contributed by atoms with Crippen molar-refractivity contribution < 1.29 is 14.1 Å². The summed E-state index contributed by atoms with van der Waals surface area (Å²) in [5.74, 6) is 1.86. The summed E-state index contributed by atoms with van der Waals surface area (Å²) in [5, 5.41) is 4.13. The number of benzene rings is 2. The fourth-order valence-corrected chi connectivity index (χ4v) is 3.69. The quantitative estimate of drug-likeness (QED) is 0.514. The van der Waals surface area contributed by atoms with Gasteiger partial charge in [-0.25, -0.2) is 0 Å². The first-order chi connectivity index (χ1) is 14.6. The molecule has 2 aromatic carbocycles. The number of aromatic nitrogens is 2. The number of carbonyl (C=O) groups is 1. The Balaban J connectivity index is 1.47. The van der Waals surface area contributed by atoms with Gasteiger partial charge in [0.1, 0.15) is 5.75 Å². The largest absolute Gasteiger partial charge is 0.494 e. The van der Waals surface area contributed by atoms with Crippen molar-refractivity contribution in [1.29, 1.82) is 0 Å². The molecule has 0 saturated carbocycles. The number of hydrogen-bond donors (Lipinski definition) is 0. The zero-order valence-corrected chi connectivity index (χ0v) is 17.7. The number of nitrogens with zero attached hydrogens (tertiary/aromatic N) is 3. The van der Waals surface area contributed by atoms with Crippen LogP contribution in [0.2, 0.25) is 0 Å². The number of ether oxygens (including phenoxy) is 1. The predicted octanol–water partition coefficient (Wildman–Crippen LogP) is 5.05. The van der Waals surface area contributed by atoms with Crippen LogP contribution in [-0.4, -0.2) is 29.2 Å². The maximum atomic E-state index is 12.7. The Morgan fingerprint density at radius 2 is 1.97 bits per heavy atom. The van der Waals surface area contributed by atoms with Crippen LogP contribution in [0.15, 0.2) is 47.0 Å². The third kappa shape index (κ3) is 4.08. The summed E-state index contributed by atoms with van der Waals surface area (Å²) in [4.78, 5) is 19.1. The molecule has 156 valence electrons. The minimum Gasteiger partial charge on any atom is -0.494 e. The molecule has 1 atom stereocenters. The summed E-state index contributed by atoms with van der Waals surface area (Å²) in [6.07, 6.45) is 2.52. The fourth-order valence-electron chi connectivity index (χ4n) is 3.69. The molecule has 1 fully saturated rings. The van der Waals surface area contributed by atoms with Gasteiger partial charge in [-0.05, 0) is 61.7 Å². The monoisotopic (exact) mass is 405 g/mol. The van der Waals surface area contributed by atoms with Crippen LogP contribution >= 0.6 is 0 Å². The van der Waals surface area contributed by atoms with E-state index in [0.717, 1.165) is 42.0 Å². The van der Waals surface area contributed by atoms with Gasteiger partial charge in [0.2, 0.25) is 17.6 Å². The second kappa shape index (κ2) is 8.69. The second-order valence-corrected chi connectivity index (χ2v) is 7.81. The van der Waals surface area contributed by atoms with Gasteiger partial charge in [0.05, 0.1) is 12.5 Å². The highest BCUT2D eigenvalue weighted by Crippen LogP contribution is 2.34. The lowest BCUT2D eigenvalue weighted by Crippen LogP contribution is -2.25. The molecular weight excluding hydrogens is 378 g/mol. The predicted molar refractivity (Wildman–Crippen MR) is 116 cm³/mol. The Labute approximate surface area is 176 Å². The lowest BCUT2D eigenvalue weighted by molar-refractivity contribution is -0.117. The van der Waals surface area contributed by atoms with Crippen LogP contribution in [0.3, 0.4) is 0 Å². The first-order valence-corrected chi connectivity index (χ1v) is 10.5. The van der Waals surface area contributed by atoms with E-state index in [1.54, 1.807) is 0 Å². The van der Waals surface area contributed by atoms with Crippen molar-refractivity contribution in [3.63, 3.8) is 0 Å². The highest BCUT2D eigenvalue weighted by Gasteiger charge is 2.35. The van der Waals surface area contributed by atoms with Gasteiger partial charge in [0, 0.05) is 24.2 Å². The zero-order valence-electron chi connectivity index (χ0n) is 17.7.